The number of carbonyl (C=O) groups is 4. The summed E-state index contributed by atoms with van der Waals surface area (Å²) in [6, 6.07) is 14.5. The van der Waals surface area contributed by atoms with Crippen LogP contribution in [0.25, 0.3) is 11.1 Å². The van der Waals surface area contributed by atoms with Gasteiger partial charge in [-0.05, 0) is 71.1 Å². The van der Waals surface area contributed by atoms with Crippen molar-refractivity contribution in [2.75, 3.05) is 30.9 Å². The lowest BCUT2D eigenvalue weighted by Crippen LogP contribution is -2.20. The third kappa shape index (κ3) is 9.61. The molecule has 3 aromatic rings. The van der Waals surface area contributed by atoms with Crippen molar-refractivity contribution in [3.05, 3.63) is 82.4 Å². The summed E-state index contributed by atoms with van der Waals surface area (Å²) in [5.74, 6) is -2.66. The minimum absolute atomic E-state index is 0.0624. The van der Waals surface area contributed by atoms with Crippen LogP contribution in [0.15, 0.2) is 54.6 Å². The number of carbonyl (C=O) groups excluding carboxylic acids is 3. The SMILES string of the molecule is CNOCc1cc(-c2ccc(C(=O)O)c(C(=O)Nc3cc(C)cc(NC(=O)OCCOC(=O)C(C)C)c3)c2)ccc1COO. The van der Waals surface area contributed by atoms with Crippen LogP contribution in [0.2, 0.25) is 0 Å². The van der Waals surface area contributed by atoms with Gasteiger partial charge in [0.15, 0.2) is 0 Å². The van der Waals surface area contributed by atoms with Gasteiger partial charge in [0.2, 0.25) is 0 Å². The highest BCUT2D eigenvalue weighted by Crippen LogP contribution is 2.27. The summed E-state index contributed by atoms with van der Waals surface area (Å²) < 4.78 is 10.0. The van der Waals surface area contributed by atoms with Crippen LogP contribution < -0.4 is 16.1 Å². The van der Waals surface area contributed by atoms with Crippen LogP contribution in [0.1, 0.15) is 51.3 Å². The Bertz CT molecular complexity index is 1510. The fourth-order valence-corrected chi connectivity index (χ4v) is 4.12. The predicted octanol–water partition coefficient (Wildman–Crippen LogP) is 5.00. The molecule has 0 spiro atoms. The molecule has 13 heteroatoms. The number of carboxylic acids is 1. The van der Waals surface area contributed by atoms with Crippen LogP contribution in [-0.4, -0.2) is 54.6 Å². The Morgan fingerprint density at radius 3 is 2.11 bits per heavy atom. The molecule has 0 aromatic heterocycles. The maximum Gasteiger partial charge on any atom is 0.411 e. The first-order chi connectivity index (χ1) is 21.0. The van der Waals surface area contributed by atoms with E-state index in [-0.39, 0.29) is 43.5 Å². The molecule has 0 radical (unpaired) electrons. The molecule has 0 aliphatic rings. The Morgan fingerprint density at radius 2 is 1.45 bits per heavy atom. The van der Waals surface area contributed by atoms with E-state index in [4.69, 9.17) is 19.6 Å². The molecule has 3 aromatic carbocycles. The average molecular weight is 610 g/mol. The van der Waals surface area contributed by atoms with Crippen molar-refractivity contribution >= 4 is 35.3 Å². The van der Waals surface area contributed by atoms with Crippen LogP contribution in [0.3, 0.4) is 0 Å². The second kappa shape index (κ2) is 16.1. The maximum absolute atomic E-state index is 13.4. The summed E-state index contributed by atoms with van der Waals surface area (Å²) >= 11 is 0. The first-order valence-corrected chi connectivity index (χ1v) is 13.6. The summed E-state index contributed by atoms with van der Waals surface area (Å²) in [7, 11) is 1.61. The molecule has 0 heterocycles. The minimum Gasteiger partial charge on any atom is -0.478 e. The molecule has 44 heavy (non-hydrogen) atoms. The minimum atomic E-state index is -1.28. The monoisotopic (exact) mass is 609 g/mol. The third-order valence-electron chi connectivity index (χ3n) is 6.24. The predicted molar refractivity (Wildman–Crippen MR) is 160 cm³/mol. The molecular formula is C31H35N3O10. The lowest BCUT2D eigenvalue weighted by molar-refractivity contribution is -0.253. The number of rotatable bonds is 14. The van der Waals surface area contributed by atoms with Crippen molar-refractivity contribution in [2.45, 2.75) is 34.0 Å². The summed E-state index contributed by atoms with van der Waals surface area (Å²) in [6.07, 6.45) is -0.787. The molecule has 0 unspecified atom stereocenters. The van der Waals surface area contributed by atoms with Crippen LogP contribution in [-0.2, 0) is 37.2 Å². The molecule has 234 valence electrons. The molecule has 0 bridgehead atoms. The van der Waals surface area contributed by atoms with Gasteiger partial charge in [-0.1, -0.05) is 32.0 Å². The zero-order chi connectivity index (χ0) is 32.2. The van der Waals surface area contributed by atoms with Crippen molar-refractivity contribution in [1.82, 2.24) is 5.48 Å². The first kappa shape index (κ1) is 33.7. The summed E-state index contributed by atoms with van der Waals surface area (Å²) in [5.41, 5.74) is 6.22. The molecule has 2 amide bonds. The van der Waals surface area contributed by atoms with Crippen molar-refractivity contribution in [1.29, 1.82) is 0 Å². The fourth-order valence-electron chi connectivity index (χ4n) is 4.12. The average Bonchev–Trinajstić information content (AvgIpc) is 2.98. The van der Waals surface area contributed by atoms with E-state index in [1.54, 1.807) is 64.2 Å². The molecule has 0 atom stereocenters. The quantitative estimate of drug-likeness (QED) is 0.0718. The fraction of sp³-hybridized carbons (Fsp3) is 0.290. The van der Waals surface area contributed by atoms with E-state index in [9.17, 15) is 24.3 Å². The van der Waals surface area contributed by atoms with E-state index < -0.39 is 23.9 Å². The Labute approximate surface area is 254 Å². The van der Waals surface area contributed by atoms with Gasteiger partial charge in [-0.25, -0.2) is 20.0 Å². The van der Waals surface area contributed by atoms with Crippen molar-refractivity contribution in [3.8, 4) is 11.1 Å². The van der Waals surface area contributed by atoms with Gasteiger partial charge in [-0.2, -0.15) is 0 Å². The molecule has 5 N–H and O–H groups in total. The van der Waals surface area contributed by atoms with Crippen molar-refractivity contribution in [3.63, 3.8) is 0 Å². The highest BCUT2D eigenvalue weighted by Gasteiger charge is 2.19. The van der Waals surface area contributed by atoms with Crippen LogP contribution >= 0.6 is 0 Å². The Hall–Kier alpha value is -4.82. The number of nitrogens with one attached hydrogen (secondary N) is 3. The molecule has 3 rings (SSSR count). The Kier molecular flexibility index (Phi) is 12.4. The summed E-state index contributed by atoms with van der Waals surface area (Å²) in [4.78, 5) is 58.7. The number of benzene rings is 3. The second-order valence-corrected chi connectivity index (χ2v) is 9.94. The van der Waals surface area contributed by atoms with Gasteiger partial charge in [-0.15, -0.1) is 0 Å². The zero-order valence-corrected chi connectivity index (χ0v) is 24.8. The number of aromatic carboxylic acids is 1. The number of hydrogen-bond donors (Lipinski definition) is 5. The van der Waals surface area contributed by atoms with Gasteiger partial charge < -0.3 is 19.9 Å². The number of ether oxygens (including phenoxy) is 2. The highest BCUT2D eigenvalue weighted by atomic mass is 17.1. The van der Waals surface area contributed by atoms with Gasteiger partial charge in [-0.3, -0.25) is 25.0 Å². The maximum atomic E-state index is 13.4. The highest BCUT2D eigenvalue weighted by molar-refractivity contribution is 6.11. The number of carboxylic acid groups (broad SMARTS) is 1. The molecule has 0 saturated carbocycles. The number of esters is 1. The topological polar surface area (TPSA) is 182 Å². The smallest absolute Gasteiger partial charge is 0.411 e. The van der Waals surface area contributed by atoms with E-state index in [1.165, 1.54) is 18.2 Å². The van der Waals surface area contributed by atoms with Crippen LogP contribution in [0.4, 0.5) is 16.2 Å². The van der Waals surface area contributed by atoms with E-state index in [2.05, 4.69) is 21.0 Å². The van der Waals surface area contributed by atoms with E-state index in [0.29, 0.717) is 39.2 Å². The van der Waals surface area contributed by atoms with E-state index in [0.717, 1.165) is 0 Å². The summed E-state index contributed by atoms with van der Waals surface area (Å²) in [6.45, 7) is 5.00. The number of amides is 2. The standard InChI is InChI=1S/C31H35N3O10/c1-18(2)30(38)41-9-10-42-31(39)34-25-12-19(3)11-24(15-25)33-28(35)27-14-21(7-8-26(27)29(36)37)20-5-6-22(17-44-40)23(13-20)16-43-32-4/h5-8,11-15,18,32,40H,9-10,16-17H2,1-4H3,(H,33,35)(H,34,39)(H,36,37). The second-order valence-electron chi connectivity index (χ2n) is 9.94. The third-order valence-corrected chi connectivity index (χ3v) is 6.24. The van der Waals surface area contributed by atoms with E-state index in [1.807, 2.05) is 0 Å². The van der Waals surface area contributed by atoms with Gasteiger partial charge >= 0.3 is 18.0 Å². The number of aryl methyl sites for hydroxylation is 1. The molecule has 0 aliphatic carbocycles. The van der Waals surface area contributed by atoms with Gasteiger partial charge in [0.25, 0.3) is 5.91 Å². The van der Waals surface area contributed by atoms with Gasteiger partial charge in [0, 0.05) is 18.4 Å². The first-order valence-electron chi connectivity index (χ1n) is 13.6. The normalized spacial score (nSPS) is 10.8. The lowest BCUT2D eigenvalue weighted by Gasteiger charge is -2.14. The van der Waals surface area contributed by atoms with Gasteiger partial charge in [0.05, 0.1) is 23.7 Å². The molecule has 0 aliphatic heterocycles. The van der Waals surface area contributed by atoms with Crippen LogP contribution in [0, 0.1) is 12.8 Å². The van der Waals surface area contributed by atoms with Gasteiger partial charge in [0.1, 0.15) is 19.8 Å². The Balaban J connectivity index is 1.80. The molecular weight excluding hydrogens is 574 g/mol. The lowest BCUT2D eigenvalue weighted by atomic mass is 9.95. The molecule has 0 saturated heterocycles. The zero-order valence-electron chi connectivity index (χ0n) is 24.8. The Morgan fingerprint density at radius 1 is 0.795 bits per heavy atom. The van der Waals surface area contributed by atoms with E-state index >= 15 is 0 Å². The van der Waals surface area contributed by atoms with Crippen molar-refractivity contribution in [2.24, 2.45) is 5.92 Å². The number of hydrogen-bond acceptors (Lipinski definition) is 10. The number of anilines is 2. The molecule has 0 fully saturated rings. The number of hydroxylamine groups is 1. The molecule has 13 nitrogen and oxygen atoms in total. The summed E-state index contributed by atoms with van der Waals surface area (Å²) in [5, 5.41) is 24.0. The van der Waals surface area contributed by atoms with Crippen molar-refractivity contribution < 1.29 is 48.7 Å². The largest absolute Gasteiger partial charge is 0.478 e. The van der Waals surface area contributed by atoms with Crippen LogP contribution in [0.5, 0.6) is 0 Å².